The lowest BCUT2D eigenvalue weighted by atomic mass is 10.1. The molecule has 33 heavy (non-hydrogen) atoms. The first-order valence-corrected chi connectivity index (χ1v) is 11.0. The second-order valence-electron chi connectivity index (χ2n) is 7.04. The zero-order valence-corrected chi connectivity index (χ0v) is 18.5. The van der Waals surface area contributed by atoms with Crippen molar-refractivity contribution in [2.75, 3.05) is 13.6 Å². The average Bonchev–Trinajstić information content (AvgIpc) is 3.28. The summed E-state index contributed by atoms with van der Waals surface area (Å²) in [5.41, 5.74) is 5.61. The topological polar surface area (TPSA) is 152 Å². The van der Waals surface area contributed by atoms with Crippen LogP contribution in [0.2, 0.25) is 0 Å². The van der Waals surface area contributed by atoms with Gasteiger partial charge in [-0.05, 0) is 43.3 Å². The number of non-ortho nitro benzene ring substituents is 1. The van der Waals surface area contributed by atoms with E-state index in [9.17, 15) is 28.1 Å². The first-order valence-electron chi connectivity index (χ1n) is 9.55. The maximum Gasteiger partial charge on any atom is 0.305 e. The largest absolute Gasteiger partial charge is 0.451 e. The van der Waals surface area contributed by atoms with Crippen molar-refractivity contribution in [2.24, 2.45) is 0 Å². The third-order valence-corrected chi connectivity index (χ3v) is 6.42. The van der Waals surface area contributed by atoms with E-state index in [1.807, 2.05) is 6.92 Å². The highest BCUT2D eigenvalue weighted by Gasteiger charge is 2.23. The van der Waals surface area contributed by atoms with E-state index in [1.54, 1.807) is 12.1 Å². The van der Waals surface area contributed by atoms with Gasteiger partial charge in [0.1, 0.15) is 5.76 Å². The molecule has 3 rings (SSSR count). The molecule has 0 atom stereocenters. The van der Waals surface area contributed by atoms with Gasteiger partial charge in [-0.25, -0.2) is 8.42 Å². The minimum absolute atomic E-state index is 0.0433. The SMILES string of the molecule is Cc1ccc(S(=O)(=O)N(C)CC(=O)NNC(=O)c2ccc(-c3ccc([N+](=O)[O-])cc3)o2)cc1. The van der Waals surface area contributed by atoms with Gasteiger partial charge >= 0.3 is 5.91 Å². The van der Waals surface area contributed by atoms with Crippen molar-refractivity contribution in [1.29, 1.82) is 0 Å². The molecule has 0 aliphatic heterocycles. The summed E-state index contributed by atoms with van der Waals surface area (Å²) in [6.07, 6.45) is 0. The molecule has 2 N–H and O–H groups in total. The number of amides is 2. The Hall–Kier alpha value is -4.03. The summed E-state index contributed by atoms with van der Waals surface area (Å²) in [6, 6.07) is 14.6. The van der Waals surface area contributed by atoms with Crippen LogP contribution in [0, 0.1) is 17.0 Å². The van der Waals surface area contributed by atoms with Crippen LogP contribution in [-0.2, 0) is 14.8 Å². The molecule has 0 radical (unpaired) electrons. The quantitative estimate of drug-likeness (QED) is 0.395. The number of likely N-dealkylation sites (N-methyl/N-ethyl adjacent to an activating group) is 1. The van der Waals surface area contributed by atoms with E-state index in [2.05, 4.69) is 10.9 Å². The van der Waals surface area contributed by atoms with Crippen LogP contribution in [0.4, 0.5) is 5.69 Å². The number of rotatable bonds is 7. The average molecular weight is 472 g/mol. The molecule has 1 aromatic heterocycles. The molecule has 1 heterocycles. The van der Waals surface area contributed by atoms with Crippen molar-refractivity contribution in [2.45, 2.75) is 11.8 Å². The zero-order chi connectivity index (χ0) is 24.2. The van der Waals surface area contributed by atoms with E-state index in [1.165, 1.54) is 55.6 Å². The van der Waals surface area contributed by atoms with Gasteiger partial charge in [-0.2, -0.15) is 4.31 Å². The maximum absolute atomic E-state index is 12.5. The number of hydrogen-bond acceptors (Lipinski definition) is 7. The van der Waals surface area contributed by atoms with E-state index in [-0.39, 0.29) is 16.3 Å². The second-order valence-corrected chi connectivity index (χ2v) is 9.09. The molecule has 12 heteroatoms. The van der Waals surface area contributed by atoms with Gasteiger partial charge < -0.3 is 4.42 Å². The van der Waals surface area contributed by atoms with E-state index < -0.39 is 33.3 Å². The van der Waals surface area contributed by atoms with Gasteiger partial charge in [0.15, 0.2) is 5.76 Å². The van der Waals surface area contributed by atoms with Crippen molar-refractivity contribution >= 4 is 27.5 Å². The number of benzene rings is 2. The fourth-order valence-corrected chi connectivity index (χ4v) is 3.89. The summed E-state index contributed by atoms with van der Waals surface area (Å²) in [4.78, 5) is 34.6. The molecule has 3 aromatic rings. The number of sulfonamides is 1. The van der Waals surface area contributed by atoms with Gasteiger partial charge in [0.2, 0.25) is 10.0 Å². The molecule has 0 aliphatic carbocycles. The molecule has 172 valence electrons. The summed E-state index contributed by atoms with van der Waals surface area (Å²) < 4.78 is 31.4. The van der Waals surface area contributed by atoms with Gasteiger partial charge in [0.05, 0.1) is 16.4 Å². The number of hydrogen-bond donors (Lipinski definition) is 2. The lowest BCUT2D eigenvalue weighted by Crippen LogP contribution is -2.46. The number of carbonyl (C=O) groups excluding carboxylic acids is 2. The van der Waals surface area contributed by atoms with Crippen LogP contribution in [0.5, 0.6) is 0 Å². The molecule has 0 spiro atoms. The van der Waals surface area contributed by atoms with Crippen LogP contribution in [0.3, 0.4) is 0 Å². The summed E-state index contributed by atoms with van der Waals surface area (Å²) in [5, 5.41) is 10.7. The predicted octanol–water partition coefficient (Wildman–Crippen LogP) is 2.24. The first-order chi connectivity index (χ1) is 15.6. The van der Waals surface area contributed by atoms with Gasteiger partial charge in [0, 0.05) is 24.7 Å². The molecular formula is C21H20N4O7S. The zero-order valence-electron chi connectivity index (χ0n) is 17.6. The molecule has 0 unspecified atom stereocenters. The van der Waals surface area contributed by atoms with Crippen LogP contribution in [0.15, 0.2) is 70.0 Å². The molecule has 0 saturated carbocycles. The number of nitro benzene ring substituents is 1. The Morgan fingerprint density at radius 1 is 1.00 bits per heavy atom. The van der Waals surface area contributed by atoms with Crippen molar-refractivity contribution in [3.63, 3.8) is 0 Å². The summed E-state index contributed by atoms with van der Waals surface area (Å²) >= 11 is 0. The Morgan fingerprint density at radius 3 is 2.24 bits per heavy atom. The lowest BCUT2D eigenvalue weighted by molar-refractivity contribution is -0.384. The molecule has 0 saturated heterocycles. The minimum atomic E-state index is -3.88. The van der Waals surface area contributed by atoms with Gasteiger partial charge in [0.25, 0.3) is 11.6 Å². The Balaban J connectivity index is 1.56. The van der Waals surface area contributed by atoms with Crippen LogP contribution < -0.4 is 10.9 Å². The number of hydrazine groups is 1. The summed E-state index contributed by atoms with van der Waals surface area (Å²) in [6.45, 7) is 1.30. The molecule has 0 aliphatic rings. The highest BCUT2D eigenvalue weighted by atomic mass is 32.2. The third-order valence-electron chi connectivity index (χ3n) is 4.60. The van der Waals surface area contributed by atoms with Gasteiger partial charge in [-0.15, -0.1) is 0 Å². The normalized spacial score (nSPS) is 11.2. The van der Waals surface area contributed by atoms with Crippen molar-refractivity contribution < 1.29 is 27.3 Å². The molecule has 2 aromatic carbocycles. The highest BCUT2D eigenvalue weighted by molar-refractivity contribution is 7.89. The molecule has 2 amide bonds. The van der Waals surface area contributed by atoms with Crippen molar-refractivity contribution in [3.05, 3.63) is 82.1 Å². The van der Waals surface area contributed by atoms with Crippen molar-refractivity contribution in [1.82, 2.24) is 15.2 Å². The maximum atomic E-state index is 12.5. The number of nitrogens with zero attached hydrogens (tertiary/aromatic N) is 2. The predicted molar refractivity (Wildman–Crippen MR) is 117 cm³/mol. The Bertz CT molecular complexity index is 1280. The molecule has 0 fully saturated rings. The monoisotopic (exact) mass is 472 g/mol. The fourth-order valence-electron chi connectivity index (χ4n) is 2.77. The van der Waals surface area contributed by atoms with Crippen molar-refractivity contribution in [3.8, 4) is 11.3 Å². The summed E-state index contributed by atoms with van der Waals surface area (Å²) in [5.74, 6) is -1.35. The standard InChI is InChI=1S/C21H20N4O7S/c1-14-3-9-17(10-4-14)33(30,31)24(2)13-20(26)22-23-21(27)19-12-11-18(32-19)15-5-7-16(8-6-15)25(28)29/h3-12H,13H2,1-2H3,(H,22,26)(H,23,27). The van der Waals surface area contributed by atoms with E-state index in [4.69, 9.17) is 4.42 Å². The Labute approximate surface area is 189 Å². The van der Waals surface area contributed by atoms with Gasteiger partial charge in [-0.1, -0.05) is 17.7 Å². The summed E-state index contributed by atoms with van der Waals surface area (Å²) in [7, 11) is -2.63. The van der Waals surface area contributed by atoms with Crippen LogP contribution >= 0.6 is 0 Å². The van der Waals surface area contributed by atoms with E-state index >= 15 is 0 Å². The lowest BCUT2D eigenvalue weighted by Gasteiger charge is -2.17. The van der Waals surface area contributed by atoms with Gasteiger partial charge in [-0.3, -0.25) is 30.6 Å². The smallest absolute Gasteiger partial charge is 0.305 e. The first kappa shape index (κ1) is 23.6. The number of carbonyl (C=O) groups is 2. The number of nitrogens with one attached hydrogen (secondary N) is 2. The van der Waals surface area contributed by atoms with Crippen LogP contribution in [-0.4, -0.2) is 43.1 Å². The number of nitro groups is 1. The Kier molecular flexibility index (Phi) is 6.89. The van der Waals surface area contributed by atoms with Crippen LogP contribution in [0.25, 0.3) is 11.3 Å². The van der Waals surface area contributed by atoms with Crippen LogP contribution in [0.1, 0.15) is 16.1 Å². The highest BCUT2D eigenvalue weighted by Crippen LogP contribution is 2.24. The number of furan rings is 1. The third kappa shape index (κ3) is 5.61. The van der Waals surface area contributed by atoms with E-state index in [0.717, 1.165) is 9.87 Å². The second kappa shape index (κ2) is 9.63. The van der Waals surface area contributed by atoms with E-state index in [0.29, 0.717) is 11.3 Å². The molecule has 11 nitrogen and oxygen atoms in total. The fraction of sp³-hybridized carbons (Fsp3) is 0.143. The Morgan fingerprint density at radius 2 is 1.64 bits per heavy atom. The minimum Gasteiger partial charge on any atom is -0.451 e. The molecular weight excluding hydrogens is 452 g/mol. The molecule has 0 bridgehead atoms. The number of aryl methyl sites for hydroxylation is 1.